The summed E-state index contributed by atoms with van der Waals surface area (Å²) in [6.45, 7) is 3.15. The summed E-state index contributed by atoms with van der Waals surface area (Å²) in [6.07, 6.45) is 6.30. The van der Waals surface area contributed by atoms with Crippen LogP contribution in [0.5, 0.6) is 0 Å². The lowest BCUT2D eigenvalue weighted by Crippen LogP contribution is -2.43. The van der Waals surface area contributed by atoms with Gasteiger partial charge in [-0.05, 0) is 55.0 Å². The number of likely N-dealkylation sites (tertiary alicyclic amines) is 1. The van der Waals surface area contributed by atoms with E-state index in [1.807, 2.05) is 30.3 Å². The number of oxime groups is 1. The van der Waals surface area contributed by atoms with Gasteiger partial charge in [-0.3, -0.25) is 4.98 Å². The highest BCUT2D eigenvalue weighted by Crippen LogP contribution is 2.42. The Labute approximate surface area is 193 Å². The predicted molar refractivity (Wildman–Crippen MR) is 125 cm³/mol. The number of aryl methyl sites for hydroxylation is 1. The number of ether oxygens (including phenoxy) is 1. The number of pyridine rings is 1. The Kier molecular flexibility index (Phi) is 6.01. The number of hydrogen-bond donors (Lipinski definition) is 2. The van der Waals surface area contributed by atoms with Crippen LogP contribution < -0.4 is 0 Å². The van der Waals surface area contributed by atoms with Crippen LogP contribution in [0.1, 0.15) is 36.1 Å². The Bertz CT molecular complexity index is 1150. The molecule has 1 saturated heterocycles. The van der Waals surface area contributed by atoms with Crippen molar-refractivity contribution in [1.29, 1.82) is 0 Å². The van der Waals surface area contributed by atoms with Crippen LogP contribution in [-0.4, -0.2) is 59.3 Å². The fraction of sp³-hybridized carbons (Fsp3) is 0.385. The van der Waals surface area contributed by atoms with Gasteiger partial charge in [0.15, 0.2) is 0 Å². The van der Waals surface area contributed by atoms with Gasteiger partial charge in [0.1, 0.15) is 17.1 Å². The van der Waals surface area contributed by atoms with E-state index in [-0.39, 0.29) is 0 Å². The van der Waals surface area contributed by atoms with E-state index in [1.165, 1.54) is 0 Å². The summed E-state index contributed by atoms with van der Waals surface area (Å²) in [4.78, 5) is 6.45. The van der Waals surface area contributed by atoms with Crippen LogP contribution in [0, 0.1) is 0 Å². The molecule has 2 N–H and O–H groups in total. The van der Waals surface area contributed by atoms with Gasteiger partial charge in [0.25, 0.3) is 0 Å². The van der Waals surface area contributed by atoms with Crippen LogP contribution in [0.25, 0.3) is 22.5 Å². The Morgan fingerprint density at radius 3 is 2.58 bits per heavy atom. The van der Waals surface area contributed by atoms with Gasteiger partial charge in [-0.1, -0.05) is 23.4 Å². The normalized spacial score (nSPS) is 19.2. The average Bonchev–Trinajstić information content (AvgIpc) is 3.49. The zero-order valence-corrected chi connectivity index (χ0v) is 18.8. The lowest BCUT2D eigenvalue weighted by molar-refractivity contribution is -0.0445. The number of aliphatic hydroxyl groups is 1. The number of fused-ring (bicyclic) bond motifs is 1. The number of aromatic nitrogens is 1. The molecular weight excluding hydrogens is 418 g/mol. The molecule has 1 aromatic carbocycles. The SMILES string of the molecule is COCCN1CCC(O)(c2cc(-c3ccc4c(c3)CC/C4=N/O)c(-c3ccncc3)o2)CC1. The molecule has 7 heteroatoms. The maximum Gasteiger partial charge on any atom is 0.142 e. The van der Waals surface area contributed by atoms with E-state index in [0.29, 0.717) is 25.2 Å². The van der Waals surface area contributed by atoms with Crippen molar-refractivity contribution < 1.29 is 19.5 Å². The molecule has 0 atom stereocenters. The molecule has 0 saturated carbocycles. The number of piperidine rings is 1. The summed E-state index contributed by atoms with van der Waals surface area (Å²) >= 11 is 0. The molecule has 2 aromatic heterocycles. The Balaban J connectivity index is 1.51. The van der Waals surface area contributed by atoms with Crippen molar-refractivity contribution >= 4 is 5.71 Å². The van der Waals surface area contributed by atoms with E-state index in [0.717, 1.165) is 71.8 Å². The van der Waals surface area contributed by atoms with Crippen molar-refractivity contribution in [3.63, 3.8) is 0 Å². The molecule has 1 fully saturated rings. The van der Waals surface area contributed by atoms with Gasteiger partial charge in [-0.15, -0.1) is 0 Å². The first kappa shape index (κ1) is 21.8. The van der Waals surface area contributed by atoms with Gasteiger partial charge in [0.05, 0.1) is 12.3 Å². The molecule has 3 aromatic rings. The van der Waals surface area contributed by atoms with Crippen LogP contribution in [0.2, 0.25) is 0 Å². The van der Waals surface area contributed by atoms with E-state index in [2.05, 4.69) is 21.1 Å². The maximum atomic E-state index is 11.5. The van der Waals surface area contributed by atoms with Gasteiger partial charge in [0.2, 0.25) is 0 Å². The minimum atomic E-state index is -1.00. The highest BCUT2D eigenvalue weighted by Gasteiger charge is 2.38. The zero-order chi connectivity index (χ0) is 22.8. The molecule has 3 heterocycles. The van der Waals surface area contributed by atoms with Crippen molar-refractivity contribution in [2.75, 3.05) is 33.4 Å². The summed E-state index contributed by atoms with van der Waals surface area (Å²) in [5.74, 6) is 1.34. The molecule has 0 unspecified atom stereocenters. The summed E-state index contributed by atoms with van der Waals surface area (Å²) in [6, 6.07) is 12.0. The zero-order valence-electron chi connectivity index (χ0n) is 18.8. The summed E-state index contributed by atoms with van der Waals surface area (Å²) in [5, 5.41) is 24.2. The van der Waals surface area contributed by atoms with E-state index in [4.69, 9.17) is 9.15 Å². The summed E-state index contributed by atoms with van der Waals surface area (Å²) in [7, 11) is 1.71. The minimum Gasteiger partial charge on any atom is -0.457 e. The van der Waals surface area contributed by atoms with Crippen molar-refractivity contribution in [2.24, 2.45) is 5.16 Å². The molecule has 7 nitrogen and oxygen atoms in total. The fourth-order valence-electron chi connectivity index (χ4n) is 4.91. The molecule has 0 bridgehead atoms. The molecule has 172 valence electrons. The second-order valence-electron chi connectivity index (χ2n) is 8.87. The maximum absolute atomic E-state index is 11.5. The number of hydrogen-bond acceptors (Lipinski definition) is 7. The molecule has 1 aliphatic heterocycles. The molecule has 1 aliphatic carbocycles. The standard InChI is InChI=1S/C26H29N3O4/c1-32-15-14-29-12-8-26(30,9-13-29)24-17-22(25(33-24)18-6-10-27-11-7-18)20-2-4-21-19(16-20)3-5-23(21)28-31/h2,4,6-7,10-11,16-17,30-31H,3,5,8-9,12-15H2,1H3/b28-23-. The van der Waals surface area contributed by atoms with Crippen LogP contribution in [0.4, 0.5) is 0 Å². The molecule has 0 amide bonds. The lowest BCUT2D eigenvalue weighted by Gasteiger charge is -2.36. The summed E-state index contributed by atoms with van der Waals surface area (Å²) < 4.78 is 11.6. The third kappa shape index (κ3) is 4.19. The van der Waals surface area contributed by atoms with Gasteiger partial charge in [-0.25, -0.2) is 0 Å². The molecular formula is C26H29N3O4. The predicted octanol–water partition coefficient (Wildman–Crippen LogP) is 4.06. The molecule has 33 heavy (non-hydrogen) atoms. The fourth-order valence-corrected chi connectivity index (χ4v) is 4.91. The second-order valence-corrected chi connectivity index (χ2v) is 8.87. The number of furan rings is 1. The topological polar surface area (TPSA) is 91.3 Å². The van der Waals surface area contributed by atoms with Crippen LogP contribution in [0.3, 0.4) is 0 Å². The van der Waals surface area contributed by atoms with Crippen molar-refractivity contribution in [3.8, 4) is 22.5 Å². The van der Waals surface area contributed by atoms with E-state index < -0.39 is 5.60 Å². The highest BCUT2D eigenvalue weighted by atomic mass is 16.5. The first-order chi connectivity index (χ1) is 16.1. The third-order valence-corrected chi connectivity index (χ3v) is 6.91. The lowest BCUT2D eigenvalue weighted by atomic mass is 9.88. The van der Waals surface area contributed by atoms with E-state index in [9.17, 15) is 10.3 Å². The molecule has 0 spiro atoms. The van der Waals surface area contributed by atoms with Crippen LogP contribution in [0.15, 0.2) is 58.4 Å². The van der Waals surface area contributed by atoms with Crippen molar-refractivity contribution in [2.45, 2.75) is 31.3 Å². The van der Waals surface area contributed by atoms with E-state index in [1.54, 1.807) is 19.5 Å². The largest absolute Gasteiger partial charge is 0.457 e. The molecule has 0 radical (unpaired) electrons. The first-order valence-electron chi connectivity index (χ1n) is 11.4. The quantitative estimate of drug-likeness (QED) is 0.437. The van der Waals surface area contributed by atoms with Crippen LogP contribution in [-0.2, 0) is 16.8 Å². The smallest absolute Gasteiger partial charge is 0.142 e. The second kappa shape index (κ2) is 9.09. The number of methoxy groups -OCH3 is 1. The van der Waals surface area contributed by atoms with Gasteiger partial charge >= 0.3 is 0 Å². The van der Waals surface area contributed by atoms with Gasteiger partial charge in [-0.2, -0.15) is 0 Å². The highest BCUT2D eigenvalue weighted by molar-refractivity contribution is 6.04. The van der Waals surface area contributed by atoms with Crippen LogP contribution >= 0.6 is 0 Å². The minimum absolute atomic E-state index is 0.605. The number of benzene rings is 1. The Morgan fingerprint density at radius 2 is 1.85 bits per heavy atom. The summed E-state index contributed by atoms with van der Waals surface area (Å²) in [5.41, 5.74) is 4.78. The van der Waals surface area contributed by atoms with E-state index >= 15 is 0 Å². The van der Waals surface area contributed by atoms with Gasteiger partial charge in [0, 0.05) is 55.8 Å². The Morgan fingerprint density at radius 1 is 1.06 bits per heavy atom. The number of nitrogens with zero attached hydrogens (tertiary/aromatic N) is 3. The number of rotatable bonds is 6. The van der Waals surface area contributed by atoms with Gasteiger partial charge < -0.3 is 24.4 Å². The monoisotopic (exact) mass is 447 g/mol. The molecule has 5 rings (SSSR count). The third-order valence-electron chi connectivity index (χ3n) is 6.91. The first-order valence-corrected chi connectivity index (χ1v) is 11.4. The van der Waals surface area contributed by atoms with Crippen molar-refractivity contribution in [3.05, 3.63) is 65.7 Å². The molecule has 2 aliphatic rings. The van der Waals surface area contributed by atoms with Crippen molar-refractivity contribution in [1.82, 2.24) is 9.88 Å². The average molecular weight is 448 g/mol. The Hall–Kier alpha value is -3.00.